The number of rotatable bonds is 4. The van der Waals surface area contributed by atoms with Crippen molar-refractivity contribution < 1.29 is 14.2 Å². The molecule has 2 aromatic carbocycles. The molecule has 4 heteroatoms. The van der Waals surface area contributed by atoms with Crippen molar-refractivity contribution >= 4 is 11.6 Å². The van der Waals surface area contributed by atoms with E-state index in [1.54, 1.807) is 13.2 Å². The first-order chi connectivity index (χ1) is 9.51. The summed E-state index contributed by atoms with van der Waals surface area (Å²) in [6.07, 6.45) is -0.354. The van der Waals surface area contributed by atoms with E-state index >= 15 is 0 Å². The van der Waals surface area contributed by atoms with Crippen molar-refractivity contribution in [3.63, 3.8) is 0 Å². The number of aliphatic hydroxyl groups is 1. The molecule has 0 aromatic heterocycles. The number of aryl methyl sites for hydroxylation is 1. The second-order valence-electron chi connectivity index (χ2n) is 4.68. The van der Waals surface area contributed by atoms with Crippen LogP contribution in [0.25, 0.3) is 0 Å². The Balaban J connectivity index is 2.19. The average Bonchev–Trinajstić information content (AvgIpc) is 2.41. The second kappa shape index (κ2) is 6.25. The highest BCUT2D eigenvalue weighted by atomic mass is 35.5. The number of methoxy groups -OCH3 is 1. The quantitative estimate of drug-likeness (QED) is 0.921. The van der Waals surface area contributed by atoms with Crippen LogP contribution in [0.4, 0.5) is 4.39 Å². The standard InChI is InChI=1S/C16H16ClFO2/c1-10-7-12(4-6-16(10)20-2)15(19)8-11-3-5-13(18)9-14(11)17/h3-7,9,15,19H,8H2,1-2H3. The van der Waals surface area contributed by atoms with Gasteiger partial charge in [0.15, 0.2) is 0 Å². The van der Waals surface area contributed by atoms with Gasteiger partial charge >= 0.3 is 0 Å². The van der Waals surface area contributed by atoms with Crippen molar-refractivity contribution in [1.29, 1.82) is 0 Å². The lowest BCUT2D eigenvalue weighted by atomic mass is 9.99. The van der Waals surface area contributed by atoms with Gasteiger partial charge in [-0.05, 0) is 47.9 Å². The SMILES string of the molecule is COc1ccc(C(O)Cc2ccc(F)cc2Cl)cc1C. The van der Waals surface area contributed by atoms with Crippen molar-refractivity contribution in [3.05, 3.63) is 63.9 Å². The molecular formula is C16H16ClFO2. The number of aliphatic hydroxyl groups excluding tert-OH is 1. The number of hydrogen-bond acceptors (Lipinski definition) is 2. The van der Waals surface area contributed by atoms with Crippen LogP contribution in [0.15, 0.2) is 36.4 Å². The van der Waals surface area contributed by atoms with E-state index in [-0.39, 0.29) is 5.82 Å². The summed E-state index contributed by atoms with van der Waals surface area (Å²) >= 11 is 5.97. The number of halogens is 2. The highest BCUT2D eigenvalue weighted by molar-refractivity contribution is 6.31. The molecule has 0 heterocycles. The molecule has 0 aliphatic carbocycles. The van der Waals surface area contributed by atoms with Gasteiger partial charge in [-0.3, -0.25) is 0 Å². The highest BCUT2D eigenvalue weighted by Gasteiger charge is 2.12. The zero-order chi connectivity index (χ0) is 14.7. The van der Waals surface area contributed by atoms with Gasteiger partial charge < -0.3 is 9.84 Å². The van der Waals surface area contributed by atoms with Crippen LogP contribution in [-0.2, 0) is 6.42 Å². The van der Waals surface area contributed by atoms with Crippen LogP contribution in [0, 0.1) is 12.7 Å². The lowest BCUT2D eigenvalue weighted by Gasteiger charge is -2.14. The Kier molecular flexibility index (Phi) is 4.63. The van der Waals surface area contributed by atoms with E-state index in [9.17, 15) is 9.50 Å². The third-order valence-electron chi connectivity index (χ3n) is 3.23. The van der Waals surface area contributed by atoms with Crippen LogP contribution in [0.5, 0.6) is 5.75 Å². The van der Waals surface area contributed by atoms with Crippen LogP contribution < -0.4 is 4.74 Å². The molecule has 106 valence electrons. The second-order valence-corrected chi connectivity index (χ2v) is 5.09. The van der Waals surface area contributed by atoms with Gasteiger partial charge in [0.05, 0.1) is 13.2 Å². The summed E-state index contributed by atoms with van der Waals surface area (Å²) in [6.45, 7) is 1.92. The minimum absolute atomic E-state index is 0.328. The summed E-state index contributed by atoms with van der Waals surface area (Å²) < 4.78 is 18.2. The predicted molar refractivity (Wildman–Crippen MR) is 77.8 cm³/mol. The lowest BCUT2D eigenvalue weighted by molar-refractivity contribution is 0.178. The summed E-state index contributed by atoms with van der Waals surface area (Å²) in [5, 5.41) is 10.6. The maximum Gasteiger partial charge on any atom is 0.124 e. The molecular weight excluding hydrogens is 279 g/mol. The van der Waals surface area contributed by atoms with Gasteiger partial charge in [0, 0.05) is 11.4 Å². The maximum atomic E-state index is 13.0. The van der Waals surface area contributed by atoms with E-state index in [4.69, 9.17) is 16.3 Å². The fraction of sp³-hybridized carbons (Fsp3) is 0.250. The molecule has 20 heavy (non-hydrogen) atoms. The zero-order valence-electron chi connectivity index (χ0n) is 11.4. The van der Waals surface area contributed by atoms with Crippen LogP contribution in [-0.4, -0.2) is 12.2 Å². The van der Waals surface area contributed by atoms with Crippen molar-refractivity contribution in [2.45, 2.75) is 19.4 Å². The molecule has 0 amide bonds. The van der Waals surface area contributed by atoms with Gasteiger partial charge in [-0.1, -0.05) is 23.7 Å². The van der Waals surface area contributed by atoms with E-state index in [1.165, 1.54) is 12.1 Å². The molecule has 0 radical (unpaired) electrons. The minimum atomic E-state index is -0.692. The smallest absolute Gasteiger partial charge is 0.124 e. The lowest BCUT2D eigenvalue weighted by Crippen LogP contribution is -2.03. The Morgan fingerprint density at radius 3 is 2.60 bits per heavy atom. The Hall–Kier alpha value is -1.58. The normalized spacial score (nSPS) is 12.2. The van der Waals surface area contributed by atoms with Gasteiger partial charge in [0.1, 0.15) is 11.6 Å². The summed E-state index contributed by atoms with van der Waals surface area (Å²) in [5.74, 6) is 0.397. The largest absolute Gasteiger partial charge is 0.496 e. The zero-order valence-corrected chi connectivity index (χ0v) is 12.1. The van der Waals surface area contributed by atoms with Gasteiger partial charge in [-0.25, -0.2) is 4.39 Å². The Morgan fingerprint density at radius 2 is 2.00 bits per heavy atom. The van der Waals surface area contributed by atoms with Crippen LogP contribution in [0.2, 0.25) is 5.02 Å². The van der Waals surface area contributed by atoms with Crippen molar-refractivity contribution in [3.8, 4) is 5.75 Å². The summed E-state index contributed by atoms with van der Waals surface area (Å²) in [7, 11) is 1.61. The Labute approximate surface area is 122 Å². The van der Waals surface area contributed by atoms with Crippen molar-refractivity contribution in [2.75, 3.05) is 7.11 Å². The van der Waals surface area contributed by atoms with Gasteiger partial charge in [-0.15, -0.1) is 0 Å². The number of ether oxygens (including phenoxy) is 1. The highest BCUT2D eigenvalue weighted by Crippen LogP contribution is 2.27. The van der Waals surface area contributed by atoms with Gasteiger partial charge in [0.25, 0.3) is 0 Å². The van der Waals surface area contributed by atoms with Crippen molar-refractivity contribution in [1.82, 2.24) is 0 Å². The van der Waals surface area contributed by atoms with Crippen LogP contribution in [0.3, 0.4) is 0 Å². The molecule has 0 aliphatic rings. The molecule has 0 spiro atoms. The molecule has 0 saturated heterocycles. The first kappa shape index (κ1) is 14.8. The third-order valence-corrected chi connectivity index (χ3v) is 3.58. The summed E-state index contributed by atoms with van der Waals surface area (Å²) in [4.78, 5) is 0. The molecule has 0 fully saturated rings. The molecule has 1 atom stereocenters. The first-order valence-electron chi connectivity index (χ1n) is 6.28. The molecule has 1 N–H and O–H groups in total. The Bertz CT molecular complexity index is 613. The molecule has 2 rings (SSSR count). The maximum absolute atomic E-state index is 13.0. The molecule has 0 saturated carbocycles. The molecule has 2 nitrogen and oxygen atoms in total. The monoisotopic (exact) mass is 294 g/mol. The summed E-state index contributed by atoms with van der Waals surface area (Å²) in [6, 6.07) is 9.70. The first-order valence-corrected chi connectivity index (χ1v) is 6.65. The Morgan fingerprint density at radius 1 is 1.25 bits per heavy atom. The van der Waals surface area contributed by atoms with Crippen LogP contribution >= 0.6 is 11.6 Å². The fourth-order valence-corrected chi connectivity index (χ4v) is 2.37. The van der Waals surface area contributed by atoms with E-state index in [2.05, 4.69) is 0 Å². The molecule has 0 aliphatic heterocycles. The van der Waals surface area contributed by atoms with E-state index < -0.39 is 6.10 Å². The molecule has 1 unspecified atom stereocenters. The minimum Gasteiger partial charge on any atom is -0.496 e. The predicted octanol–water partition coefficient (Wildman–Crippen LogP) is 4.07. The van der Waals surface area contributed by atoms with E-state index in [0.717, 1.165) is 16.9 Å². The van der Waals surface area contributed by atoms with Gasteiger partial charge in [-0.2, -0.15) is 0 Å². The van der Waals surface area contributed by atoms with Crippen LogP contribution in [0.1, 0.15) is 22.8 Å². The fourth-order valence-electron chi connectivity index (χ4n) is 2.12. The average molecular weight is 295 g/mol. The third kappa shape index (κ3) is 3.30. The molecule has 2 aromatic rings. The topological polar surface area (TPSA) is 29.5 Å². The number of hydrogen-bond donors (Lipinski definition) is 1. The summed E-state index contributed by atoms with van der Waals surface area (Å²) in [5.41, 5.74) is 2.45. The molecule has 0 bridgehead atoms. The van der Waals surface area contributed by atoms with Crippen molar-refractivity contribution in [2.24, 2.45) is 0 Å². The van der Waals surface area contributed by atoms with E-state index in [1.807, 2.05) is 25.1 Å². The number of benzene rings is 2. The van der Waals surface area contributed by atoms with Gasteiger partial charge in [0.2, 0.25) is 0 Å². The van der Waals surface area contributed by atoms with E-state index in [0.29, 0.717) is 17.0 Å².